The van der Waals surface area contributed by atoms with Crippen molar-refractivity contribution in [1.82, 2.24) is 10.2 Å². The van der Waals surface area contributed by atoms with Crippen LogP contribution < -0.4 is 5.32 Å². The normalized spacial score (nSPS) is 20.0. The van der Waals surface area contributed by atoms with Crippen LogP contribution in [0.4, 0.5) is 4.79 Å². The molecule has 0 aromatic heterocycles. The SMILES string of the molecule is CC(CCCNC(=O)OCC1c2ccccc2-c2ccccc21)C(=O)N1CCCC(C)C1C(=O)O. The molecule has 2 aromatic carbocycles. The van der Waals surface area contributed by atoms with Gasteiger partial charge in [0, 0.05) is 24.9 Å². The Morgan fingerprint density at radius 3 is 2.34 bits per heavy atom. The van der Waals surface area contributed by atoms with Crippen molar-refractivity contribution in [3.8, 4) is 11.1 Å². The summed E-state index contributed by atoms with van der Waals surface area (Å²) in [7, 11) is 0. The number of fused-ring (bicyclic) bond motifs is 3. The van der Waals surface area contributed by atoms with Gasteiger partial charge in [-0.2, -0.15) is 0 Å². The lowest BCUT2D eigenvalue weighted by Crippen LogP contribution is -2.53. The number of alkyl carbamates (subject to hydrolysis) is 1. The van der Waals surface area contributed by atoms with Gasteiger partial charge in [-0.25, -0.2) is 9.59 Å². The molecule has 0 spiro atoms. The van der Waals surface area contributed by atoms with Gasteiger partial charge in [0.2, 0.25) is 5.91 Å². The van der Waals surface area contributed by atoms with Crippen molar-refractivity contribution < 1.29 is 24.2 Å². The second-order valence-electron chi connectivity index (χ2n) is 9.73. The maximum atomic E-state index is 12.9. The number of carboxylic acid groups (broad SMARTS) is 1. The number of benzene rings is 2. The molecule has 3 unspecified atom stereocenters. The standard InChI is InChI=1S/C28H34N2O5/c1-18-10-8-16-30(25(18)27(32)33)26(31)19(2)9-7-15-29-28(34)35-17-24-22-13-5-3-11-20(22)21-12-4-6-14-23(21)24/h3-6,11-14,18-19,24-25H,7-10,15-17H2,1-2H3,(H,29,34)(H,32,33). The van der Waals surface area contributed by atoms with Gasteiger partial charge < -0.3 is 20.1 Å². The van der Waals surface area contributed by atoms with Gasteiger partial charge in [0.25, 0.3) is 0 Å². The molecule has 7 heteroatoms. The Hall–Kier alpha value is -3.35. The van der Waals surface area contributed by atoms with Gasteiger partial charge in [0.05, 0.1) is 0 Å². The summed E-state index contributed by atoms with van der Waals surface area (Å²) in [6.45, 7) is 4.86. The first-order valence-corrected chi connectivity index (χ1v) is 12.5. The van der Waals surface area contributed by atoms with Gasteiger partial charge in [-0.15, -0.1) is 0 Å². The van der Waals surface area contributed by atoms with Gasteiger partial charge in [0.1, 0.15) is 12.6 Å². The summed E-state index contributed by atoms with van der Waals surface area (Å²) >= 11 is 0. The number of nitrogens with zero attached hydrogens (tertiary/aromatic N) is 1. The van der Waals surface area contributed by atoms with Crippen molar-refractivity contribution in [3.63, 3.8) is 0 Å². The third kappa shape index (κ3) is 5.34. The van der Waals surface area contributed by atoms with E-state index in [4.69, 9.17) is 4.74 Å². The zero-order valence-corrected chi connectivity index (χ0v) is 20.4. The third-order valence-electron chi connectivity index (χ3n) is 7.32. The molecule has 2 aliphatic rings. The number of rotatable bonds is 8. The van der Waals surface area contributed by atoms with E-state index in [0.717, 1.165) is 12.8 Å². The minimum absolute atomic E-state index is 0.0138. The fraction of sp³-hybridized carbons (Fsp3) is 0.464. The predicted octanol–water partition coefficient (Wildman–Crippen LogP) is 4.65. The molecule has 186 valence electrons. The summed E-state index contributed by atoms with van der Waals surface area (Å²) in [4.78, 5) is 38.4. The number of carboxylic acids is 1. The minimum atomic E-state index is -0.935. The first-order chi connectivity index (χ1) is 16.9. The maximum absolute atomic E-state index is 12.9. The van der Waals surface area contributed by atoms with E-state index in [1.54, 1.807) is 0 Å². The van der Waals surface area contributed by atoms with Crippen LogP contribution in [0, 0.1) is 11.8 Å². The lowest BCUT2D eigenvalue weighted by Gasteiger charge is -2.38. The molecular weight excluding hydrogens is 444 g/mol. The number of piperidine rings is 1. The Kier molecular flexibility index (Phi) is 7.73. The highest BCUT2D eigenvalue weighted by atomic mass is 16.5. The summed E-state index contributed by atoms with van der Waals surface area (Å²) in [5, 5.41) is 12.3. The molecule has 2 N–H and O–H groups in total. The zero-order chi connectivity index (χ0) is 24.9. The average molecular weight is 479 g/mol. The lowest BCUT2D eigenvalue weighted by molar-refractivity contribution is -0.156. The average Bonchev–Trinajstić information content (AvgIpc) is 3.18. The second kappa shape index (κ2) is 10.9. The summed E-state index contributed by atoms with van der Waals surface area (Å²) in [5.41, 5.74) is 4.70. The van der Waals surface area contributed by atoms with Crippen LogP contribution >= 0.6 is 0 Å². The molecule has 3 atom stereocenters. The van der Waals surface area contributed by atoms with Crippen molar-refractivity contribution in [1.29, 1.82) is 0 Å². The number of amides is 2. The molecule has 1 aliphatic heterocycles. The molecule has 1 aliphatic carbocycles. The van der Waals surface area contributed by atoms with Crippen LogP contribution in [0.2, 0.25) is 0 Å². The number of aliphatic carboxylic acids is 1. The molecule has 1 fully saturated rings. The molecule has 2 amide bonds. The van der Waals surface area contributed by atoms with E-state index in [2.05, 4.69) is 29.6 Å². The number of carbonyl (C=O) groups excluding carboxylic acids is 2. The first kappa shape index (κ1) is 24.8. The predicted molar refractivity (Wildman–Crippen MR) is 133 cm³/mol. The van der Waals surface area contributed by atoms with Crippen LogP contribution in [0.25, 0.3) is 11.1 Å². The van der Waals surface area contributed by atoms with Crippen LogP contribution in [-0.4, -0.2) is 53.7 Å². The van der Waals surface area contributed by atoms with Crippen molar-refractivity contribution >= 4 is 18.0 Å². The first-order valence-electron chi connectivity index (χ1n) is 12.5. The van der Waals surface area contributed by atoms with E-state index in [9.17, 15) is 19.5 Å². The number of hydrogen-bond acceptors (Lipinski definition) is 4. The highest BCUT2D eigenvalue weighted by Gasteiger charge is 2.38. The Morgan fingerprint density at radius 1 is 1.09 bits per heavy atom. The molecule has 35 heavy (non-hydrogen) atoms. The highest BCUT2D eigenvalue weighted by molar-refractivity contribution is 5.85. The molecule has 0 saturated carbocycles. The monoisotopic (exact) mass is 478 g/mol. The summed E-state index contributed by atoms with van der Waals surface area (Å²) in [6.07, 6.45) is 2.35. The van der Waals surface area contributed by atoms with Crippen LogP contribution in [0.3, 0.4) is 0 Å². The number of hydrogen-bond donors (Lipinski definition) is 2. The number of carbonyl (C=O) groups is 3. The number of ether oxygens (including phenoxy) is 1. The smallest absolute Gasteiger partial charge is 0.407 e. The third-order valence-corrected chi connectivity index (χ3v) is 7.32. The Bertz CT molecular complexity index is 1040. The highest BCUT2D eigenvalue weighted by Crippen LogP contribution is 2.44. The zero-order valence-electron chi connectivity index (χ0n) is 20.4. The number of likely N-dealkylation sites (tertiary alicyclic amines) is 1. The maximum Gasteiger partial charge on any atom is 0.407 e. The van der Waals surface area contributed by atoms with E-state index in [1.165, 1.54) is 27.2 Å². The largest absolute Gasteiger partial charge is 0.480 e. The minimum Gasteiger partial charge on any atom is -0.480 e. The van der Waals surface area contributed by atoms with Crippen molar-refractivity contribution in [2.45, 2.75) is 51.5 Å². The van der Waals surface area contributed by atoms with Crippen LogP contribution in [0.5, 0.6) is 0 Å². The van der Waals surface area contributed by atoms with E-state index in [-0.39, 0.29) is 30.3 Å². The summed E-state index contributed by atoms with van der Waals surface area (Å²) in [5.74, 6) is -1.39. The molecule has 0 radical (unpaired) electrons. The van der Waals surface area contributed by atoms with Crippen molar-refractivity contribution in [2.24, 2.45) is 11.8 Å². The quantitative estimate of drug-likeness (QED) is 0.539. The van der Waals surface area contributed by atoms with Crippen LogP contribution in [0.1, 0.15) is 56.6 Å². The second-order valence-corrected chi connectivity index (χ2v) is 9.73. The van der Waals surface area contributed by atoms with Crippen LogP contribution in [0.15, 0.2) is 48.5 Å². The number of nitrogens with one attached hydrogen (secondary N) is 1. The molecule has 7 nitrogen and oxygen atoms in total. The fourth-order valence-electron chi connectivity index (χ4n) is 5.47. The van der Waals surface area contributed by atoms with Gasteiger partial charge in [-0.05, 0) is 53.9 Å². The van der Waals surface area contributed by atoms with Gasteiger partial charge in [-0.1, -0.05) is 62.4 Å². The van der Waals surface area contributed by atoms with Gasteiger partial charge in [0.15, 0.2) is 0 Å². The Morgan fingerprint density at radius 2 is 1.71 bits per heavy atom. The van der Waals surface area contributed by atoms with Crippen molar-refractivity contribution in [3.05, 3.63) is 59.7 Å². The van der Waals surface area contributed by atoms with E-state index in [1.807, 2.05) is 38.1 Å². The van der Waals surface area contributed by atoms with E-state index >= 15 is 0 Å². The molecule has 4 rings (SSSR count). The lowest BCUT2D eigenvalue weighted by atomic mass is 9.89. The van der Waals surface area contributed by atoms with Gasteiger partial charge >= 0.3 is 12.1 Å². The van der Waals surface area contributed by atoms with Gasteiger partial charge in [-0.3, -0.25) is 4.79 Å². The molecule has 0 bridgehead atoms. The van der Waals surface area contributed by atoms with E-state index < -0.39 is 18.1 Å². The molecular formula is C28H34N2O5. The Labute approximate surface area is 206 Å². The molecule has 1 saturated heterocycles. The Balaban J connectivity index is 1.22. The molecule has 2 aromatic rings. The van der Waals surface area contributed by atoms with Crippen molar-refractivity contribution in [2.75, 3.05) is 19.7 Å². The fourth-order valence-corrected chi connectivity index (χ4v) is 5.47. The van der Waals surface area contributed by atoms with E-state index in [0.29, 0.717) is 25.9 Å². The summed E-state index contributed by atoms with van der Waals surface area (Å²) < 4.78 is 5.55. The topological polar surface area (TPSA) is 95.9 Å². The van der Waals surface area contributed by atoms with Crippen LogP contribution in [-0.2, 0) is 14.3 Å². The molecule has 1 heterocycles. The summed E-state index contributed by atoms with van der Waals surface area (Å²) in [6, 6.07) is 15.6.